The van der Waals surface area contributed by atoms with Crippen LogP contribution in [-0.4, -0.2) is 15.9 Å². The highest BCUT2D eigenvalue weighted by atomic mass is 16.3. The van der Waals surface area contributed by atoms with Gasteiger partial charge in [-0.25, -0.2) is 4.79 Å². The van der Waals surface area contributed by atoms with Gasteiger partial charge in [-0.05, 0) is 23.8 Å². The maximum atomic E-state index is 12.1. The quantitative estimate of drug-likeness (QED) is 0.770. The van der Waals surface area contributed by atoms with Crippen LogP contribution in [0.3, 0.4) is 0 Å². The van der Waals surface area contributed by atoms with Gasteiger partial charge in [0.15, 0.2) is 0 Å². The molecule has 22 heavy (non-hydrogen) atoms. The van der Waals surface area contributed by atoms with Crippen molar-refractivity contribution in [1.29, 1.82) is 0 Å². The third-order valence-electron chi connectivity index (χ3n) is 3.06. The molecule has 0 aliphatic heterocycles. The Hall–Kier alpha value is -3.15. The van der Waals surface area contributed by atoms with Crippen molar-refractivity contribution in [1.82, 2.24) is 15.3 Å². The Bertz CT molecular complexity index is 823. The van der Waals surface area contributed by atoms with Gasteiger partial charge in [0, 0.05) is 6.54 Å². The number of hydrogen-bond donors (Lipinski definition) is 2. The van der Waals surface area contributed by atoms with E-state index in [1.807, 2.05) is 30.3 Å². The van der Waals surface area contributed by atoms with Crippen molar-refractivity contribution in [2.75, 3.05) is 0 Å². The SMILES string of the molecule is O=C(NCc1ccccc1)c1cc(-c2ccco2)[nH]c(=O)n1. The Morgan fingerprint density at radius 1 is 1.18 bits per heavy atom. The molecule has 0 fully saturated rings. The molecule has 3 aromatic rings. The molecule has 6 heteroatoms. The van der Waals surface area contributed by atoms with Gasteiger partial charge in [-0.2, -0.15) is 4.98 Å². The number of furan rings is 1. The summed E-state index contributed by atoms with van der Waals surface area (Å²) in [5, 5.41) is 2.73. The maximum Gasteiger partial charge on any atom is 0.346 e. The molecule has 0 aliphatic rings. The molecule has 0 saturated heterocycles. The number of benzene rings is 1. The van der Waals surface area contributed by atoms with E-state index in [4.69, 9.17) is 4.42 Å². The van der Waals surface area contributed by atoms with Crippen LogP contribution in [0.15, 0.2) is 64.0 Å². The second-order valence-electron chi connectivity index (χ2n) is 4.63. The maximum absolute atomic E-state index is 12.1. The van der Waals surface area contributed by atoms with Crippen molar-refractivity contribution in [2.24, 2.45) is 0 Å². The molecule has 6 nitrogen and oxygen atoms in total. The van der Waals surface area contributed by atoms with Gasteiger partial charge in [0.2, 0.25) is 0 Å². The van der Waals surface area contributed by atoms with E-state index < -0.39 is 11.6 Å². The van der Waals surface area contributed by atoms with E-state index in [0.717, 1.165) is 5.56 Å². The number of rotatable bonds is 4. The lowest BCUT2D eigenvalue weighted by atomic mass is 10.2. The molecule has 2 heterocycles. The third-order valence-corrected chi connectivity index (χ3v) is 3.06. The number of amides is 1. The number of H-pyrrole nitrogens is 1. The summed E-state index contributed by atoms with van der Waals surface area (Å²) in [4.78, 5) is 30.0. The van der Waals surface area contributed by atoms with Gasteiger partial charge in [-0.1, -0.05) is 30.3 Å². The lowest BCUT2D eigenvalue weighted by molar-refractivity contribution is 0.0945. The molecule has 2 aromatic heterocycles. The van der Waals surface area contributed by atoms with Crippen LogP contribution in [-0.2, 0) is 6.54 Å². The second kappa shape index (κ2) is 6.09. The molecular formula is C16H13N3O3. The summed E-state index contributed by atoms with van der Waals surface area (Å²) < 4.78 is 5.21. The Morgan fingerprint density at radius 3 is 2.73 bits per heavy atom. The van der Waals surface area contributed by atoms with Crippen molar-refractivity contribution < 1.29 is 9.21 Å². The number of carbonyl (C=O) groups excluding carboxylic acids is 1. The number of aromatic nitrogens is 2. The fraction of sp³-hybridized carbons (Fsp3) is 0.0625. The van der Waals surface area contributed by atoms with Crippen molar-refractivity contribution in [3.63, 3.8) is 0 Å². The van der Waals surface area contributed by atoms with E-state index >= 15 is 0 Å². The molecule has 0 spiro atoms. The average molecular weight is 295 g/mol. The van der Waals surface area contributed by atoms with Gasteiger partial charge >= 0.3 is 5.69 Å². The minimum atomic E-state index is -0.598. The highest BCUT2D eigenvalue weighted by Gasteiger charge is 2.12. The lowest BCUT2D eigenvalue weighted by Crippen LogP contribution is -2.27. The summed E-state index contributed by atoms with van der Waals surface area (Å²) in [5.41, 5.74) is 0.826. The Balaban J connectivity index is 1.79. The predicted octanol–water partition coefficient (Wildman–Crippen LogP) is 1.96. The fourth-order valence-corrected chi connectivity index (χ4v) is 2.01. The normalized spacial score (nSPS) is 10.4. The minimum Gasteiger partial charge on any atom is -0.463 e. The molecule has 110 valence electrons. The third kappa shape index (κ3) is 3.12. The Labute approximate surface area is 125 Å². The minimum absolute atomic E-state index is 0.0473. The van der Waals surface area contributed by atoms with E-state index in [9.17, 15) is 9.59 Å². The number of aromatic amines is 1. The van der Waals surface area contributed by atoms with Gasteiger partial charge in [-0.15, -0.1) is 0 Å². The van der Waals surface area contributed by atoms with Crippen LogP contribution in [0.25, 0.3) is 11.5 Å². The first-order chi connectivity index (χ1) is 10.7. The zero-order chi connectivity index (χ0) is 15.4. The van der Waals surface area contributed by atoms with E-state index in [0.29, 0.717) is 18.0 Å². The van der Waals surface area contributed by atoms with Crippen LogP contribution < -0.4 is 11.0 Å². The smallest absolute Gasteiger partial charge is 0.346 e. The van der Waals surface area contributed by atoms with Crippen molar-refractivity contribution in [2.45, 2.75) is 6.54 Å². The predicted molar refractivity (Wildman–Crippen MR) is 80.2 cm³/mol. The molecule has 0 radical (unpaired) electrons. The van der Waals surface area contributed by atoms with Gasteiger partial charge < -0.3 is 14.7 Å². The van der Waals surface area contributed by atoms with E-state index in [2.05, 4.69) is 15.3 Å². The van der Waals surface area contributed by atoms with Gasteiger partial charge in [0.05, 0.1) is 12.0 Å². The van der Waals surface area contributed by atoms with Gasteiger partial charge in [-0.3, -0.25) is 4.79 Å². The molecule has 0 bridgehead atoms. The molecular weight excluding hydrogens is 282 g/mol. The lowest BCUT2D eigenvalue weighted by Gasteiger charge is -2.05. The largest absolute Gasteiger partial charge is 0.463 e. The Kier molecular flexibility index (Phi) is 3.82. The monoisotopic (exact) mass is 295 g/mol. The number of carbonyl (C=O) groups is 1. The van der Waals surface area contributed by atoms with Crippen LogP contribution in [0.2, 0.25) is 0 Å². The van der Waals surface area contributed by atoms with E-state index in [1.165, 1.54) is 12.3 Å². The van der Waals surface area contributed by atoms with Crippen LogP contribution >= 0.6 is 0 Å². The van der Waals surface area contributed by atoms with Crippen LogP contribution in [0, 0.1) is 0 Å². The summed E-state index contributed by atoms with van der Waals surface area (Å²) in [5.74, 6) is 0.0550. The molecule has 1 aromatic carbocycles. The fourth-order valence-electron chi connectivity index (χ4n) is 2.01. The van der Waals surface area contributed by atoms with Crippen molar-refractivity contribution in [3.05, 3.63) is 76.5 Å². The molecule has 3 rings (SSSR count). The number of hydrogen-bond acceptors (Lipinski definition) is 4. The molecule has 0 atom stereocenters. The standard InChI is InChI=1S/C16H13N3O3/c20-15(17-10-11-5-2-1-3-6-11)13-9-12(18-16(21)19-13)14-7-4-8-22-14/h1-9H,10H2,(H,17,20)(H,18,19,21). The van der Waals surface area contributed by atoms with Crippen LogP contribution in [0.4, 0.5) is 0 Å². The molecule has 0 saturated carbocycles. The molecule has 0 aliphatic carbocycles. The summed E-state index contributed by atoms with van der Waals surface area (Å²) in [6, 6.07) is 14.4. The van der Waals surface area contributed by atoms with E-state index in [1.54, 1.807) is 12.1 Å². The molecule has 2 N–H and O–H groups in total. The number of nitrogens with zero attached hydrogens (tertiary/aromatic N) is 1. The van der Waals surface area contributed by atoms with Crippen LogP contribution in [0.5, 0.6) is 0 Å². The number of nitrogens with one attached hydrogen (secondary N) is 2. The first kappa shape index (κ1) is 13.8. The summed E-state index contributed by atoms with van der Waals surface area (Å²) in [7, 11) is 0. The van der Waals surface area contributed by atoms with Gasteiger partial charge in [0.1, 0.15) is 11.5 Å². The topological polar surface area (TPSA) is 88.0 Å². The van der Waals surface area contributed by atoms with Crippen LogP contribution in [0.1, 0.15) is 16.1 Å². The van der Waals surface area contributed by atoms with E-state index in [-0.39, 0.29) is 5.69 Å². The highest BCUT2D eigenvalue weighted by molar-refractivity contribution is 5.92. The van der Waals surface area contributed by atoms with Crippen molar-refractivity contribution in [3.8, 4) is 11.5 Å². The summed E-state index contributed by atoms with van der Waals surface area (Å²) in [6.07, 6.45) is 1.49. The zero-order valence-electron chi connectivity index (χ0n) is 11.6. The average Bonchev–Trinajstić information content (AvgIpc) is 3.07. The first-order valence-electron chi connectivity index (χ1n) is 6.70. The first-order valence-corrected chi connectivity index (χ1v) is 6.70. The molecule has 1 amide bonds. The Morgan fingerprint density at radius 2 is 2.00 bits per heavy atom. The summed E-state index contributed by atoms with van der Waals surface area (Å²) >= 11 is 0. The van der Waals surface area contributed by atoms with Crippen molar-refractivity contribution >= 4 is 5.91 Å². The second-order valence-corrected chi connectivity index (χ2v) is 4.63. The highest BCUT2D eigenvalue weighted by Crippen LogP contribution is 2.16. The van der Waals surface area contributed by atoms with Gasteiger partial charge in [0.25, 0.3) is 5.91 Å². The zero-order valence-corrected chi connectivity index (χ0v) is 11.6. The summed E-state index contributed by atoms with van der Waals surface area (Å²) in [6.45, 7) is 0.365. The molecule has 0 unspecified atom stereocenters.